The number of benzene rings is 1. The second-order valence-electron chi connectivity index (χ2n) is 8.47. The fourth-order valence-electron chi connectivity index (χ4n) is 3.91. The molecular formula is C24H29N5O3. The van der Waals surface area contributed by atoms with E-state index in [2.05, 4.69) is 38.0 Å². The van der Waals surface area contributed by atoms with Gasteiger partial charge in [-0.3, -0.25) is 19.3 Å². The summed E-state index contributed by atoms with van der Waals surface area (Å²) in [6, 6.07) is 13.7. The summed E-state index contributed by atoms with van der Waals surface area (Å²) < 4.78 is 0. The zero-order valence-electron chi connectivity index (χ0n) is 18.0. The van der Waals surface area contributed by atoms with Crippen LogP contribution < -0.4 is 16.0 Å². The molecule has 8 heteroatoms. The molecule has 2 aromatic rings. The number of likely N-dealkylation sites (tertiary alicyclic amines) is 1. The van der Waals surface area contributed by atoms with Crippen LogP contribution in [-0.4, -0.2) is 46.7 Å². The van der Waals surface area contributed by atoms with Gasteiger partial charge in [0.25, 0.3) is 0 Å². The molecule has 1 atom stereocenters. The maximum Gasteiger partial charge on any atom is 0.313 e. The van der Waals surface area contributed by atoms with Crippen molar-refractivity contribution in [3.8, 4) is 0 Å². The van der Waals surface area contributed by atoms with Crippen molar-refractivity contribution in [3.05, 3.63) is 54.2 Å². The van der Waals surface area contributed by atoms with E-state index in [9.17, 15) is 14.4 Å². The number of hydrogen-bond donors (Lipinski definition) is 3. The quantitative estimate of drug-likeness (QED) is 0.580. The van der Waals surface area contributed by atoms with E-state index in [4.69, 9.17) is 0 Å². The van der Waals surface area contributed by atoms with Crippen molar-refractivity contribution in [1.29, 1.82) is 0 Å². The average molecular weight is 436 g/mol. The summed E-state index contributed by atoms with van der Waals surface area (Å²) >= 11 is 0. The Kier molecular flexibility index (Phi) is 7.11. The molecule has 8 nitrogen and oxygen atoms in total. The number of amides is 3. The predicted octanol–water partition coefficient (Wildman–Crippen LogP) is 2.54. The molecule has 1 unspecified atom stereocenters. The molecule has 2 heterocycles. The SMILES string of the molecule is O=C(NCC1CCCCN1Cc1ccccc1)C(=O)Nc1ccc(NC(=O)C2CC2)nc1. The van der Waals surface area contributed by atoms with Crippen molar-refractivity contribution in [2.24, 2.45) is 5.92 Å². The van der Waals surface area contributed by atoms with Crippen LogP contribution in [0.5, 0.6) is 0 Å². The standard InChI is InChI=1S/C24H29N5O3/c30-22(18-9-10-18)28-21-12-11-19(14-25-21)27-24(32)23(31)26-15-20-8-4-5-13-29(20)16-17-6-2-1-3-7-17/h1-3,6-7,11-12,14,18,20H,4-5,8-10,13,15-16H2,(H,26,31)(H,27,32)(H,25,28,30). The van der Waals surface area contributed by atoms with Crippen molar-refractivity contribution in [2.45, 2.75) is 44.7 Å². The molecule has 1 saturated heterocycles. The number of hydrogen-bond acceptors (Lipinski definition) is 5. The summed E-state index contributed by atoms with van der Waals surface area (Å²) in [5, 5.41) is 8.07. The van der Waals surface area contributed by atoms with E-state index in [0.717, 1.165) is 45.2 Å². The van der Waals surface area contributed by atoms with Crippen LogP contribution in [0.4, 0.5) is 11.5 Å². The molecule has 3 N–H and O–H groups in total. The second kappa shape index (κ2) is 10.4. The van der Waals surface area contributed by atoms with Gasteiger partial charge in [-0.2, -0.15) is 0 Å². The van der Waals surface area contributed by atoms with E-state index in [1.807, 2.05) is 18.2 Å². The molecule has 32 heavy (non-hydrogen) atoms. The van der Waals surface area contributed by atoms with E-state index >= 15 is 0 Å². The van der Waals surface area contributed by atoms with Crippen LogP contribution in [0.15, 0.2) is 48.7 Å². The van der Waals surface area contributed by atoms with Crippen LogP contribution in [0.1, 0.15) is 37.7 Å². The molecular weight excluding hydrogens is 406 g/mol. The average Bonchev–Trinajstić information content (AvgIpc) is 3.66. The van der Waals surface area contributed by atoms with Crippen molar-refractivity contribution in [1.82, 2.24) is 15.2 Å². The molecule has 3 amide bonds. The Hall–Kier alpha value is -3.26. The number of piperidine rings is 1. The van der Waals surface area contributed by atoms with Crippen LogP contribution in [-0.2, 0) is 20.9 Å². The number of rotatable bonds is 7. The highest BCUT2D eigenvalue weighted by Gasteiger charge is 2.29. The zero-order valence-corrected chi connectivity index (χ0v) is 18.0. The minimum absolute atomic E-state index is 0.0299. The molecule has 1 aromatic heterocycles. The monoisotopic (exact) mass is 435 g/mol. The Morgan fingerprint density at radius 1 is 0.938 bits per heavy atom. The normalized spacial score (nSPS) is 18.6. The smallest absolute Gasteiger partial charge is 0.313 e. The summed E-state index contributed by atoms with van der Waals surface area (Å²) in [4.78, 5) is 42.9. The first-order chi connectivity index (χ1) is 15.6. The lowest BCUT2D eigenvalue weighted by atomic mass is 10.0. The van der Waals surface area contributed by atoms with Gasteiger partial charge in [-0.15, -0.1) is 0 Å². The summed E-state index contributed by atoms with van der Waals surface area (Å²) in [6.45, 7) is 2.25. The van der Waals surface area contributed by atoms with E-state index in [1.165, 1.54) is 11.8 Å². The summed E-state index contributed by atoms with van der Waals surface area (Å²) in [6.07, 6.45) is 6.51. The largest absolute Gasteiger partial charge is 0.346 e. The Labute approximate surface area is 187 Å². The summed E-state index contributed by atoms with van der Waals surface area (Å²) in [7, 11) is 0. The van der Waals surface area contributed by atoms with Gasteiger partial charge in [-0.1, -0.05) is 36.8 Å². The lowest BCUT2D eigenvalue weighted by Gasteiger charge is -2.35. The molecule has 1 aromatic carbocycles. The first-order valence-corrected chi connectivity index (χ1v) is 11.2. The first kappa shape index (κ1) is 22.0. The van der Waals surface area contributed by atoms with Gasteiger partial charge in [0.05, 0.1) is 11.9 Å². The fraction of sp³-hybridized carbons (Fsp3) is 0.417. The Morgan fingerprint density at radius 3 is 2.47 bits per heavy atom. The maximum atomic E-state index is 12.3. The highest BCUT2D eigenvalue weighted by molar-refractivity contribution is 6.39. The highest BCUT2D eigenvalue weighted by atomic mass is 16.2. The van der Waals surface area contributed by atoms with Gasteiger partial charge in [0.15, 0.2) is 0 Å². The topological polar surface area (TPSA) is 103 Å². The van der Waals surface area contributed by atoms with E-state index in [1.54, 1.807) is 12.1 Å². The van der Waals surface area contributed by atoms with Crippen LogP contribution in [0.3, 0.4) is 0 Å². The number of pyridine rings is 1. The maximum absolute atomic E-state index is 12.3. The lowest BCUT2D eigenvalue weighted by molar-refractivity contribution is -0.136. The Morgan fingerprint density at radius 2 is 1.75 bits per heavy atom. The van der Waals surface area contributed by atoms with Gasteiger partial charge < -0.3 is 16.0 Å². The van der Waals surface area contributed by atoms with Crippen molar-refractivity contribution in [3.63, 3.8) is 0 Å². The molecule has 1 aliphatic carbocycles. The van der Waals surface area contributed by atoms with E-state index < -0.39 is 11.8 Å². The highest BCUT2D eigenvalue weighted by Crippen LogP contribution is 2.30. The van der Waals surface area contributed by atoms with Crippen molar-refractivity contribution in [2.75, 3.05) is 23.7 Å². The Balaban J connectivity index is 1.24. The number of nitrogens with zero attached hydrogens (tertiary/aromatic N) is 2. The summed E-state index contributed by atoms with van der Waals surface area (Å²) in [5.41, 5.74) is 1.64. The molecule has 1 saturated carbocycles. The number of anilines is 2. The lowest BCUT2D eigenvalue weighted by Crippen LogP contribution is -2.48. The van der Waals surface area contributed by atoms with E-state index in [-0.39, 0.29) is 17.9 Å². The van der Waals surface area contributed by atoms with Gasteiger partial charge in [0, 0.05) is 25.0 Å². The molecule has 0 radical (unpaired) electrons. The van der Waals surface area contributed by atoms with Gasteiger partial charge >= 0.3 is 11.8 Å². The number of carbonyl (C=O) groups is 3. The molecule has 0 bridgehead atoms. The minimum atomic E-state index is -0.730. The summed E-state index contributed by atoms with van der Waals surface area (Å²) in [5.74, 6) is -0.904. The van der Waals surface area contributed by atoms with Crippen LogP contribution in [0.2, 0.25) is 0 Å². The molecule has 2 aliphatic rings. The number of nitrogens with one attached hydrogen (secondary N) is 3. The molecule has 2 fully saturated rings. The van der Waals surface area contributed by atoms with Gasteiger partial charge in [-0.25, -0.2) is 4.98 Å². The zero-order chi connectivity index (χ0) is 22.3. The predicted molar refractivity (Wildman–Crippen MR) is 122 cm³/mol. The molecule has 0 spiro atoms. The fourth-order valence-corrected chi connectivity index (χ4v) is 3.91. The van der Waals surface area contributed by atoms with E-state index in [0.29, 0.717) is 18.1 Å². The second-order valence-corrected chi connectivity index (χ2v) is 8.47. The minimum Gasteiger partial charge on any atom is -0.346 e. The molecule has 4 rings (SSSR count). The van der Waals surface area contributed by atoms with Crippen LogP contribution >= 0.6 is 0 Å². The van der Waals surface area contributed by atoms with Crippen molar-refractivity contribution >= 4 is 29.2 Å². The third-order valence-corrected chi connectivity index (χ3v) is 5.90. The van der Waals surface area contributed by atoms with Gasteiger partial charge in [0.1, 0.15) is 5.82 Å². The number of carbonyl (C=O) groups excluding carboxylic acids is 3. The third-order valence-electron chi connectivity index (χ3n) is 5.90. The van der Waals surface area contributed by atoms with Gasteiger partial charge in [-0.05, 0) is 49.9 Å². The molecule has 1 aliphatic heterocycles. The third kappa shape index (κ3) is 6.13. The van der Waals surface area contributed by atoms with Crippen LogP contribution in [0.25, 0.3) is 0 Å². The number of aromatic nitrogens is 1. The molecule has 168 valence electrons. The van der Waals surface area contributed by atoms with Gasteiger partial charge in [0.2, 0.25) is 5.91 Å². The van der Waals surface area contributed by atoms with Crippen LogP contribution in [0, 0.1) is 5.92 Å². The van der Waals surface area contributed by atoms with Crippen molar-refractivity contribution < 1.29 is 14.4 Å². The first-order valence-electron chi connectivity index (χ1n) is 11.2. The Bertz CT molecular complexity index is 944.